The molecule has 1 aliphatic heterocycles. The van der Waals surface area contributed by atoms with Gasteiger partial charge in [0.2, 0.25) is 16.9 Å². The number of benzene rings is 1. The molecule has 3 rings (SSSR count). The third kappa shape index (κ3) is 3.84. The zero-order chi connectivity index (χ0) is 18.2. The summed E-state index contributed by atoms with van der Waals surface area (Å²) >= 11 is 1.33. The molecule has 0 radical (unpaired) electrons. The molecule has 0 saturated carbocycles. The van der Waals surface area contributed by atoms with Crippen LogP contribution in [0.4, 0.5) is 15.2 Å². The summed E-state index contributed by atoms with van der Waals surface area (Å²) in [7, 11) is 0. The standard InChI is InChI=1S/C17H19FN4O2S/c1-17(2,3)15-20-21-16(25-15)19-14(24)10-8-13(23)22(9-10)12-6-4-11(18)5-7-12/h4-7,10H,8-9H2,1-3H3,(H,19,21,24)/t10-/m0/s1. The highest BCUT2D eigenvalue weighted by atomic mass is 32.1. The molecule has 2 heterocycles. The molecule has 1 fully saturated rings. The first-order valence-corrected chi connectivity index (χ1v) is 8.76. The van der Waals surface area contributed by atoms with E-state index in [2.05, 4.69) is 15.5 Å². The van der Waals surface area contributed by atoms with Gasteiger partial charge < -0.3 is 10.2 Å². The van der Waals surface area contributed by atoms with Crippen LogP contribution in [0.2, 0.25) is 0 Å². The third-order valence-corrected chi connectivity index (χ3v) is 5.20. The van der Waals surface area contributed by atoms with Crippen LogP contribution < -0.4 is 10.2 Å². The lowest BCUT2D eigenvalue weighted by atomic mass is 9.98. The van der Waals surface area contributed by atoms with Crippen molar-refractivity contribution in [3.05, 3.63) is 35.1 Å². The molecule has 2 aromatic rings. The highest BCUT2D eigenvalue weighted by Gasteiger charge is 2.35. The topological polar surface area (TPSA) is 75.2 Å². The van der Waals surface area contributed by atoms with E-state index in [4.69, 9.17) is 0 Å². The minimum absolute atomic E-state index is 0.119. The molecule has 1 aromatic heterocycles. The fourth-order valence-corrected chi connectivity index (χ4v) is 3.34. The maximum Gasteiger partial charge on any atom is 0.231 e. The Morgan fingerprint density at radius 3 is 2.56 bits per heavy atom. The van der Waals surface area contributed by atoms with Crippen molar-refractivity contribution in [2.75, 3.05) is 16.8 Å². The van der Waals surface area contributed by atoms with Gasteiger partial charge in [-0.05, 0) is 24.3 Å². The monoisotopic (exact) mass is 362 g/mol. The number of nitrogens with zero attached hydrogens (tertiary/aromatic N) is 3. The minimum atomic E-state index is -0.473. The van der Waals surface area contributed by atoms with Crippen molar-refractivity contribution in [1.29, 1.82) is 0 Å². The van der Waals surface area contributed by atoms with Gasteiger partial charge >= 0.3 is 0 Å². The van der Waals surface area contributed by atoms with E-state index in [0.717, 1.165) is 5.01 Å². The van der Waals surface area contributed by atoms with Gasteiger partial charge in [-0.15, -0.1) is 10.2 Å². The molecular weight excluding hydrogens is 343 g/mol. The van der Waals surface area contributed by atoms with Crippen molar-refractivity contribution in [1.82, 2.24) is 10.2 Å². The fraction of sp³-hybridized carbons (Fsp3) is 0.412. The van der Waals surface area contributed by atoms with Crippen molar-refractivity contribution in [3.8, 4) is 0 Å². The number of amides is 2. The van der Waals surface area contributed by atoms with E-state index < -0.39 is 5.92 Å². The van der Waals surface area contributed by atoms with Gasteiger partial charge in [0.05, 0.1) is 5.92 Å². The van der Waals surface area contributed by atoms with Crippen LogP contribution in [0, 0.1) is 11.7 Å². The summed E-state index contributed by atoms with van der Waals surface area (Å²) in [6.45, 7) is 6.33. The van der Waals surface area contributed by atoms with Gasteiger partial charge in [-0.1, -0.05) is 32.1 Å². The summed E-state index contributed by atoms with van der Waals surface area (Å²) < 4.78 is 13.0. The second-order valence-electron chi connectivity index (χ2n) is 7.03. The Morgan fingerprint density at radius 2 is 1.96 bits per heavy atom. The van der Waals surface area contributed by atoms with Crippen molar-refractivity contribution in [3.63, 3.8) is 0 Å². The normalized spacial score (nSPS) is 17.8. The van der Waals surface area contributed by atoms with Crippen molar-refractivity contribution < 1.29 is 14.0 Å². The third-order valence-electron chi connectivity index (χ3n) is 3.93. The van der Waals surface area contributed by atoms with Crippen LogP contribution in [0.5, 0.6) is 0 Å². The van der Waals surface area contributed by atoms with Crippen molar-refractivity contribution >= 4 is 34.0 Å². The molecule has 1 N–H and O–H groups in total. The average Bonchev–Trinajstić information content (AvgIpc) is 3.15. The van der Waals surface area contributed by atoms with Crippen LogP contribution in [0.25, 0.3) is 0 Å². The molecule has 132 valence electrons. The van der Waals surface area contributed by atoms with Gasteiger partial charge in [0.25, 0.3) is 0 Å². The summed E-state index contributed by atoms with van der Waals surface area (Å²) in [5.74, 6) is -1.25. The van der Waals surface area contributed by atoms with Crippen LogP contribution >= 0.6 is 11.3 Å². The quantitative estimate of drug-likeness (QED) is 0.911. The highest BCUT2D eigenvalue weighted by molar-refractivity contribution is 7.15. The molecule has 6 nitrogen and oxygen atoms in total. The fourth-order valence-electron chi connectivity index (χ4n) is 2.54. The first-order valence-electron chi connectivity index (χ1n) is 7.95. The molecular formula is C17H19FN4O2S. The highest BCUT2D eigenvalue weighted by Crippen LogP contribution is 2.29. The van der Waals surface area contributed by atoms with Crippen LogP contribution in [-0.2, 0) is 15.0 Å². The number of nitrogens with one attached hydrogen (secondary N) is 1. The largest absolute Gasteiger partial charge is 0.312 e. The first kappa shape index (κ1) is 17.5. The molecule has 25 heavy (non-hydrogen) atoms. The Labute approximate surface area is 149 Å². The molecule has 1 aromatic carbocycles. The molecule has 1 atom stereocenters. The van der Waals surface area contributed by atoms with E-state index in [0.29, 0.717) is 10.8 Å². The summed E-state index contributed by atoms with van der Waals surface area (Å²) in [6, 6.07) is 5.66. The summed E-state index contributed by atoms with van der Waals surface area (Å²) in [6.07, 6.45) is 0.119. The van der Waals surface area contributed by atoms with E-state index in [1.165, 1.54) is 40.5 Å². The van der Waals surface area contributed by atoms with E-state index in [1.54, 1.807) is 0 Å². The minimum Gasteiger partial charge on any atom is -0.312 e. The summed E-state index contributed by atoms with van der Waals surface area (Å²) in [5.41, 5.74) is 0.455. The lowest BCUT2D eigenvalue weighted by Gasteiger charge is -2.16. The van der Waals surface area contributed by atoms with Gasteiger partial charge in [0, 0.05) is 24.1 Å². The number of rotatable bonds is 3. The lowest BCUT2D eigenvalue weighted by Crippen LogP contribution is -2.28. The Balaban J connectivity index is 1.66. The maximum absolute atomic E-state index is 13.0. The van der Waals surface area contributed by atoms with E-state index in [9.17, 15) is 14.0 Å². The summed E-state index contributed by atoms with van der Waals surface area (Å²) in [4.78, 5) is 26.1. The van der Waals surface area contributed by atoms with Gasteiger partial charge in [0.1, 0.15) is 10.8 Å². The van der Waals surface area contributed by atoms with Crippen LogP contribution in [0.15, 0.2) is 24.3 Å². The number of aromatic nitrogens is 2. The lowest BCUT2D eigenvalue weighted by molar-refractivity contribution is -0.122. The number of halogens is 1. The second-order valence-corrected chi connectivity index (χ2v) is 8.01. The van der Waals surface area contributed by atoms with Gasteiger partial charge in [-0.25, -0.2) is 4.39 Å². The van der Waals surface area contributed by atoms with Crippen molar-refractivity contribution in [2.45, 2.75) is 32.6 Å². The number of anilines is 2. The SMILES string of the molecule is CC(C)(C)c1nnc(NC(=O)[C@H]2CC(=O)N(c3ccc(F)cc3)C2)s1. The molecule has 8 heteroatoms. The second kappa shape index (κ2) is 6.51. The molecule has 0 spiro atoms. The summed E-state index contributed by atoms with van der Waals surface area (Å²) in [5, 5.41) is 12.1. The molecule has 2 amide bonds. The Bertz CT molecular complexity index is 798. The predicted molar refractivity (Wildman–Crippen MR) is 94.1 cm³/mol. The van der Waals surface area contributed by atoms with Gasteiger partial charge in [0.15, 0.2) is 0 Å². The van der Waals surface area contributed by atoms with E-state index in [1.807, 2.05) is 20.8 Å². The Morgan fingerprint density at radius 1 is 1.28 bits per heavy atom. The van der Waals surface area contributed by atoms with Gasteiger partial charge in [-0.2, -0.15) is 0 Å². The Kier molecular flexibility index (Phi) is 4.55. The van der Waals surface area contributed by atoms with Crippen LogP contribution in [0.1, 0.15) is 32.2 Å². The van der Waals surface area contributed by atoms with Crippen molar-refractivity contribution in [2.24, 2.45) is 5.92 Å². The molecule has 0 unspecified atom stereocenters. The van der Waals surface area contributed by atoms with E-state index >= 15 is 0 Å². The Hall–Kier alpha value is -2.35. The molecule has 0 aliphatic carbocycles. The smallest absolute Gasteiger partial charge is 0.231 e. The van der Waals surface area contributed by atoms with Gasteiger partial charge in [-0.3, -0.25) is 9.59 Å². The average molecular weight is 362 g/mol. The molecule has 1 aliphatic rings. The predicted octanol–water partition coefficient (Wildman–Crippen LogP) is 2.97. The first-order chi connectivity index (χ1) is 11.7. The number of carbonyl (C=O) groups is 2. The maximum atomic E-state index is 13.0. The molecule has 1 saturated heterocycles. The zero-order valence-corrected chi connectivity index (χ0v) is 15.1. The number of carbonyl (C=O) groups excluding carboxylic acids is 2. The van der Waals surface area contributed by atoms with E-state index in [-0.39, 0.29) is 36.0 Å². The van der Waals surface area contributed by atoms with Crippen LogP contribution in [0.3, 0.4) is 0 Å². The molecule has 0 bridgehead atoms. The number of hydrogen-bond donors (Lipinski definition) is 1. The van der Waals surface area contributed by atoms with Crippen LogP contribution in [-0.4, -0.2) is 28.6 Å². The number of hydrogen-bond acceptors (Lipinski definition) is 5. The zero-order valence-electron chi connectivity index (χ0n) is 14.2.